The van der Waals surface area contributed by atoms with Crippen LogP contribution in [0.4, 0.5) is 5.69 Å². The third-order valence-electron chi connectivity index (χ3n) is 2.90. The van der Waals surface area contributed by atoms with Gasteiger partial charge in [0.1, 0.15) is 5.75 Å². The van der Waals surface area contributed by atoms with Crippen LogP contribution in [0.3, 0.4) is 0 Å². The first-order valence-corrected chi connectivity index (χ1v) is 6.50. The Bertz CT molecular complexity index is 489. The third-order valence-corrected chi connectivity index (χ3v) is 2.90. The van der Waals surface area contributed by atoms with Crippen LogP contribution < -0.4 is 16.2 Å². The number of carbonyl (C=O) groups excluding carboxylic acids is 2. The first-order chi connectivity index (χ1) is 9.49. The van der Waals surface area contributed by atoms with E-state index >= 15 is 0 Å². The maximum atomic E-state index is 12.4. The van der Waals surface area contributed by atoms with Crippen molar-refractivity contribution in [3.05, 3.63) is 23.8 Å². The Morgan fingerprint density at radius 3 is 2.60 bits per heavy atom. The number of unbranched alkanes of at least 4 members (excludes halogenated alkanes) is 1. The van der Waals surface area contributed by atoms with Crippen LogP contribution in [0, 0.1) is 0 Å². The number of methoxy groups -OCH3 is 1. The van der Waals surface area contributed by atoms with Crippen LogP contribution >= 0.6 is 0 Å². The summed E-state index contributed by atoms with van der Waals surface area (Å²) in [7, 11) is 1.48. The molecule has 0 atom stereocenters. The molecule has 4 N–H and O–H groups in total. The zero-order valence-electron chi connectivity index (χ0n) is 11.9. The van der Waals surface area contributed by atoms with Gasteiger partial charge in [-0.2, -0.15) is 0 Å². The SMILES string of the molecule is CCCCN(CC(N)=O)C(=O)c1ccc(N)c(OC)c1. The molecule has 0 radical (unpaired) electrons. The van der Waals surface area contributed by atoms with Crippen LogP contribution in [-0.2, 0) is 4.79 Å². The molecule has 0 bridgehead atoms. The van der Waals surface area contributed by atoms with E-state index in [4.69, 9.17) is 16.2 Å². The highest BCUT2D eigenvalue weighted by Crippen LogP contribution is 2.23. The molecular formula is C14H21N3O3. The maximum Gasteiger partial charge on any atom is 0.254 e. The Kier molecular flexibility index (Phi) is 5.83. The molecule has 0 unspecified atom stereocenters. The summed E-state index contributed by atoms with van der Waals surface area (Å²) in [6, 6.07) is 4.78. The molecule has 0 saturated heterocycles. The van der Waals surface area contributed by atoms with Crippen LogP contribution in [0.2, 0.25) is 0 Å². The third kappa shape index (κ3) is 4.15. The van der Waals surface area contributed by atoms with Crippen molar-refractivity contribution in [2.45, 2.75) is 19.8 Å². The van der Waals surface area contributed by atoms with Crippen molar-refractivity contribution in [3.63, 3.8) is 0 Å². The number of hydrogen-bond donors (Lipinski definition) is 2. The molecule has 1 rings (SSSR count). The average molecular weight is 279 g/mol. The Balaban J connectivity index is 2.95. The summed E-state index contributed by atoms with van der Waals surface area (Å²) >= 11 is 0. The van der Waals surface area contributed by atoms with Gasteiger partial charge in [0, 0.05) is 12.1 Å². The molecule has 20 heavy (non-hydrogen) atoms. The highest BCUT2D eigenvalue weighted by molar-refractivity contribution is 5.97. The second-order valence-electron chi connectivity index (χ2n) is 4.50. The van der Waals surface area contributed by atoms with E-state index in [2.05, 4.69) is 0 Å². The highest BCUT2D eigenvalue weighted by Gasteiger charge is 2.18. The summed E-state index contributed by atoms with van der Waals surface area (Å²) in [4.78, 5) is 24.9. The zero-order chi connectivity index (χ0) is 15.1. The molecule has 0 spiro atoms. The van der Waals surface area contributed by atoms with Gasteiger partial charge in [0.05, 0.1) is 19.3 Å². The lowest BCUT2D eigenvalue weighted by atomic mass is 10.1. The number of anilines is 1. The molecule has 1 aromatic carbocycles. The lowest BCUT2D eigenvalue weighted by Crippen LogP contribution is -2.39. The van der Waals surface area contributed by atoms with Gasteiger partial charge in [-0.1, -0.05) is 13.3 Å². The molecular weight excluding hydrogens is 258 g/mol. The van der Waals surface area contributed by atoms with Crippen molar-refractivity contribution < 1.29 is 14.3 Å². The highest BCUT2D eigenvalue weighted by atomic mass is 16.5. The van der Waals surface area contributed by atoms with Gasteiger partial charge >= 0.3 is 0 Å². The van der Waals surface area contributed by atoms with Crippen molar-refractivity contribution in [3.8, 4) is 5.75 Å². The molecule has 0 aromatic heterocycles. The lowest BCUT2D eigenvalue weighted by molar-refractivity contribution is -0.118. The summed E-state index contributed by atoms with van der Waals surface area (Å²) in [6.07, 6.45) is 1.73. The number of carbonyl (C=O) groups is 2. The molecule has 0 fully saturated rings. The quantitative estimate of drug-likeness (QED) is 0.727. The number of nitrogen functional groups attached to an aromatic ring is 1. The molecule has 6 heteroatoms. The number of amides is 2. The van der Waals surface area contributed by atoms with Gasteiger partial charge < -0.3 is 21.1 Å². The summed E-state index contributed by atoms with van der Waals surface area (Å²) in [5.41, 5.74) is 11.8. The number of rotatable bonds is 7. The van der Waals surface area contributed by atoms with Gasteiger partial charge in [0.25, 0.3) is 5.91 Å². The summed E-state index contributed by atoms with van der Waals surface area (Å²) < 4.78 is 5.09. The zero-order valence-corrected chi connectivity index (χ0v) is 11.9. The molecule has 0 aliphatic rings. The van der Waals surface area contributed by atoms with Crippen LogP contribution in [0.5, 0.6) is 5.75 Å². The predicted octanol–water partition coefficient (Wildman–Crippen LogP) is 1.00. The van der Waals surface area contributed by atoms with Crippen LogP contribution in [0.1, 0.15) is 30.1 Å². The number of benzene rings is 1. The van der Waals surface area contributed by atoms with E-state index in [0.29, 0.717) is 23.5 Å². The fourth-order valence-corrected chi connectivity index (χ4v) is 1.82. The second-order valence-corrected chi connectivity index (χ2v) is 4.50. The summed E-state index contributed by atoms with van der Waals surface area (Å²) in [5, 5.41) is 0. The van der Waals surface area contributed by atoms with Crippen LogP contribution in [0.15, 0.2) is 18.2 Å². The molecule has 6 nitrogen and oxygen atoms in total. The smallest absolute Gasteiger partial charge is 0.254 e. The molecule has 2 amide bonds. The molecule has 0 aliphatic heterocycles. The minimum atomic E-state index is -0.531. The standard InChI is InChI=1S/C14H21N3O3/c1-3-4-7-17(9-13(16)18)14(19)10-5-6-11(15)12(8-10)20-2/h5-6,8H,3-4,7,9,15H2,1-2H3,(H2,16,18). The summed E-state index contributed by atoms with van der Waals surface area (Å²) in [6.45, 7) is 2.41. The number of ether oxygens (including phenoxy) is 1. The van der Waals surface area contributed by atoms with Gasteiger partial charge in [-0.3, -0.25) is 9.59 Å². The lowest BCUT2D eigenvalue weighted by Gasteiger charge is -2.21. The fraction of sp³-hybridized carbons (Fsp3) is 0.429. The van der Waals surface area contributed by atoms with Crippen molar-refractivity contribution in [2.75, 3.05) is 25.9 Å². The molecule has 110 valence electrons. The molecule has 0 aliphatic carbocycles. The topological polar surface area (TPSA) is 98.7 Å². The number of nitrogens with zero attached hydrogens (tertiary/aromatic N) is 1. The van der Waals surface area contributed by atoms with Crippen molar-refractivity contribution in [2.24, 2.45) is 5.73 Å². The number of nitrogens with two attached hydrogens (primary N) is 2. The molecule has 0 heterocycles. The van der Waals surface area contributed by atoms with Crippen molar-refractivity contribution in [1.82, 2.24) is 4.90 Å². The second kappa shape index (κ2) is 7.37. The van der Waals surface area contributed by atoms with Gasteiger partial charge in [-0.05, 0) is 24.6 Å². The Morgan fingerprint density at radius 2 is 2.05 bits per heavy atom. The van der Waals surface area contributed by atoms with E-state index in [1.165, 1.54) is 12.0 Å². The first kappa shape index (κ1) is 15.8. The number of hydrogen-bond acceptors (Lipinski definition) is 4. The normalized spacial score (nSPS) is 10.1. The van der Waals surface area contributed by atoms with Crippen LogP contribution in [-0.4, -0.2) is 36.9 Å². The van der Waals surface area contributed by atoms with E-state index in [0.717, 1.165) is 12.8 Å². The van der Waals surface area contributed by atoms with Crippen molar-refractivity contribution >= 4 is 17.5 Å². The van der Waals surface area contributed by atoms with Gasteiger partial charge in [-0.25, -0.2) is 0 Å². The maximum absolute atomic E-state index is 12.4. The minimum Gasteiger partial charge on any atom is -0.495 e. The predicted molar refractivity (Wildman–Crippen MR) is 77.4 cm³/mol. The average Bonchev–Trinajstić information content (AvgIpc) is 2.42. The largest absolute Gasteiger partial charge is 0.495 e. The summed E-state index contributed by atoms with van der Waals surface area (Å²) in [5.74, 6) is -0.349. The molecule has 0 saturated carbocycles. The van der Waals surface area contributed by atoms with E-state index in [9.17, 15) is 9.59 Å². The minimum absolute atomic E-state index is 0.0917. The van der Waals surface area contributed by atoms with Crippen LogP contribution in [0.25, 0.3) is 0 Å². The first-order valence-electron chi connectivity index (χ1n) is 6.50. The fourth-order valence-electron chi connectivity index (χ4n) is 1.82. The Morgan fingerprint density at radius 1 is 1.35 bits per heavy atom. The number of primary amides is 1. The van der Waals surface area contributed by atoms with E-state index in [1.54, 1.807) is 18.2 Å². The molecule has 1 aromatic rings. The Labute approximate surface area is 118 Å². The Hall–Kier alpha value is -2.24. The van der Waals surface area contributed by atoms with Crippen molar-refractivity contribution in [1.29, 1.82) is 0 Å². The van der Waals surface area contributed by atoms with E-state index in [-0.39, 0.29) is 12.5 Å². The van der Waals surface area contributed by atoms with Gasteiger partial charge in [0.2, 0.25) is 5.91 Å². The van der Waals surface area contributed by atoms with Gasteiger partial charge in [-0.15, -0.1) is 0 Å². The van der Waals surface area contributed by atoms with Gasteiger partial charge in [0.15, 0.2) is 0 Å². The van der Waals surface area contributed by atoms with E-state index in [1.807, 2.05) is 6.92 Å². The van der Waals surface area contributed by atoms with E-state index < -0.39 is 5.91 Å². The monoisotopic (exact) mass is 279 g/mol.